The van der Waals surface area contributed by atoms with Gasteiger partial charge in [0.05, 0.1) is 15.7 Å². The predicted molar refractivity (Wildman–Crippen MR) is 114 cm³/mol. The molecule has 3 N–H and O–H groups in total. The minimum absolute atomic E-state index is 0.0362. The van der Waals surface area contributed by atoms with Gasteiger partial charge in [-0.25, -0.2) is 0 Å². The number of nitrogens with zero attached hydrogens (tertiary/aromatic N) is 2. The maximum absolute atomic E-state index is 13.1. The quantitative estimate of drug-likeness (QED) is 0.637. The van der Waals surface area contributed by atoms with Crippen LogP contribution in [0.3, 0.4) is 0 Å². The van der Waals surface area contributed by atoms with Gasteiger partial charge in [-0.15, -0.1) is 0 Å². The first-order chi connectivity index (χ1) is 14.2. The fourth-order valence-corrected chi connectivity index (χ4v) is 3.12. The van der Waals surface area contributed by atoms with E-state index in [-0.39, 0.29) is 27.8 Å². The standard InChI is InChI=1S/C21H14Cl2N4O3/c1-11(28)26-14-5-3-13(4-6-14)21(30)27-18(19(29)15(10-24)20(27)25)9-12-2-7-16(22)17(23)8-12/h2-9,25,29H,1H3,(H,26,28)/b18-9-,25-20?. The average molecular weight is 441 g/mol. The van der Waals surface area contributed by atoms with E-state index in [0.29, 0.717) is 16.3 Å². The van der Waals surface area contributed by atoms with Crippen LogP contribution in [0, 0.1) is 16.7 Å². The van der Waals surface area contributed by atoms with Crippen molar-refractivity contribution in [1.82, 2.24) is 4.90 Å². The Morgan fingerprint density at radius 3 is 2.40 bits per heavy atom. The number of carbonyl (C=O) groups is 2. The summed E-state index contributed by atoms with van der Waals surface area (Å²) in [6.07, 6.45) is 1.43. The summed E-state index contributed by atoms with van der Waals surface area (Å²) in [4.78, 5) is 25.2. The third kappa shape index (κ3) is 4.06. The lowest BCUT2D eigenvalue weighted by atomic mass is 10.1. The van der Waals surface area contributed by atoms with Crippen molar-refractivity contribution in [2.45, 2.75) is 6.92 Å². The normalized spacial score (nSPS) is 14.8. The van der Waals surface area contributed by atoms with Crippen LogP contribution in [0.5, 0.6) is 0 Å². The molecule has 2 amide bonds. The zero-order valence-corrected chi connectivity index (χ0v) is 17.0. The van der Waals surface area contributed by atoms with Crippen LogP contribution in [0.15, 0.2) is 59.5 Å². The third-order valence-corrected chi connectivity index (χ3v) is 4.93. The molecular weight excluding hydrogens is 427 g/mol. The lowest BCUT2D eigenvalue weighted by Gasteiger charge is -2.19. The molecule has 7 nitrogen and oxygen atoms in total. The number of amides is 2. The fraction of sp³-hybridized carbons (Fsp3) is 0.0476. The largest absolute Gasteiger partial charge is 0.504 e. The monoisotopic (exact) mass is 440 g/mol. The molecule has 0 spiro atoms. The average Bonchev–Trinajstić information content (AvgIpc) is 2.93. The van der Waals surface area contributed by atoms with Crippen molar-refractivity contribution >= 4 is 52.6 Å². The second kappa shape index (κ2) is 8.41. The zero-order chi connectivity index (χ0) is 22.0. The van der Waals surface area contributed by atoms with Crippen molar-refractivity contribution in [3.05, 3.63) is 80.7 Å². The fourth-order valence-electron chi connectivity index (χ4n) is 2.82. The van der Waals surface area contributed by atoms with E-state index in [9.17, 15) is 20.0 Å². The molecule has 0 fully saturated rings. The van der Waals surface area contributed by atoms with Crippen LogP contribution in [0.2, 0.25) is 10.0 Å². The van der Waals surface area contributed by atoms with E-state index >= 15 is 0 Å². The van der Waals surface area contributed by atoms with Crippen LogP contribution < -0.4 is 5.32 Å². The topological polar surface area (TPSA) is 117 Å². The van der Waals surface area contributed by atoms with Gasteiger partial charge in [-0.05, 0) is 48.0 Å². The van der Waals surface area contributed by atoms with Crippen molar-refractivity contribution in [2.75, 3.05) is 5.32 Å². The number of nitrogens with one attached hydrogen (secondary N) is 2. The molecule has 1 aliphatic rings. The highest BCUT2D eigenvalue weighted by atomic mass is 35.5. The van der Waals surface area contributed by atoms with Gasteiger partial charge in [0.1, 0.15) is 11.6 Å². The molecule has 0 radical (unpaired) electrons. The summed E-state index contributed by atoms with van der Waals surface area (Å²) in [6.45, 7) is 1.36. The highest BCUT2D eigenvalue weighted by Gasteiger charge is 2.37. The Kier molecular flexibility index (Phi) is 5.92. The Labute approximate surface area is 181 Å². The molecule has 0 atom stereocenters. The Hall–Kier alpha value is -3.60. The lowest BCUT2D eigenvalue weighted by Crippen LogP contribution is -2.32. The van der Waals surface area contributed by atoms with Crippen molar-refractivity contribution in [2.24, 2.45) is 0 Å². The number of benzene rings is 2. The highest BCUT2D eigenvalue weighted by molar-refractivity contribution is 6.42. The summed E-state index contributed by atoms with van der Waals surface area (Å²) in [6, 6.07) is 12.5. The van der Waals surface area contributed by atoms with Gasteiger partial charge in [0.15, 0.2) is 11.6 Å². The number of rotatable bonds is 3. The van der Waals surface area contributed by atoms with Crippen LogP contribution in [0.25, 0.3) is 6.08 Å². The molecule has 0 saturated heterocycles. The molecule has 0 aromatic heterocycles. The Bertz CT molecular complexity index is 1180. The first-order valence-electron chi connectivity index (χ1n) is 8.54. The van der Waals surface area contributed by atoms with Crippen LogP contribution in [-0.2, 0) is 4.79 Å². The number of carbonyl (C=O) groups excluding carboxylic acids is 2. The Morgan fingerprint density at radius 2 is 1.83 bits per heavy atom. The highest BCUT2D eigenvalue weighted by Crippen LogP contribution is 2.32. The summed E-state index contributed by atoms with van der Waals surface area (Å²) in [5, 5.41) is 31.2. The van der Waals surface area contributed by atoms with Crippen molar-refractivity contribution < 1.29 is 14.7 Å². The molecule has 9 heteroatoms. The maximum Gasteiger partial charge on any atom is 0.264 e. The van der Waals surface area contributed by atoms with Crippen molar-refractivity contribution in [3.8, 4) is 6.07 Å². The third-order valence-electron chi connectivity index (χ3n) is 4.19. The van der Waals surface area contributed by atoms with E-state index in [1.165, 1.54) is 43.3 Å². The van der Waals surface area contributed by atoms with E-state index in [1.54, 1.807) is 18.2 Å². The smallest absolute Gasteiger partial charge is 0.264 e. The Balaban J connectivity index is 2.02. The zero-order valence-electron chi connectivity index (χ0n) is 15.5. The van der Waals surface area contributed by atoms with Crippen LogP contribution in [0.1, 0.15) is 22.8 Å². The molecule has 2 aromatic carbocycles. The molecule has 1 heterocycles. The molecule has 0 saturated carbocycles. The SMILES string of the molecule is CC(=O)Nc1ccc(C(=O)N2C(=N)C(C#N)=C(O)/C2=C/c2ccc(Cl)c(Cl)c2)cc1. The minimum Gasteiger partial charge on any atom is -0.504 e. The molecule has 2 aromatic rings. The number of halogens is 2. The molecule has 0 aliphatic carbocycles. The first kappa shape index (κ1) is 21.1. The molecule has 0 unspecified atom stereocenters. The summed E-state index contributed by atoms with van der Waals surface area (Å²) >= 11 is 11.9. The van der Waals surface area contributed by atoms with Gasteiger partial charge >= 0.3 is 0 Å². The molecule has 30 heavy (non-hydrogen) atoms. The van der Waals surface area contributed by atoms with Crippen LogP contribution in [-0.4, -0.2) is 27.7 Å². The van der Waals surface area contributed by atoms with Gasteiger partial charge < -0.3 is 10.4 Å². The van der Waals surface area contributed by atoms with E-state index in [2.05, 4.69) is 5.32 Å². The first-order valence-corrected chi connectivity index (χ1v) is 9.30. The van der Waals surface area contributed by atoms with Crippen LogP contribution >= 0.6 is 23.2 Å². The molecule has 3 rings (SSSR count). The van der Waals surface area contributed by atoms with Gasteiger partial charge in [-0.1, -0.05) is 29.3 Å². The van der Waals surface area contributed by atoms with Crippen molar-refractivity contribution in [3.63, 3.8) is 0 Å². The molecule has 1 aliphatic heterocycles. The molecule has 150 valence electrons. The molecule has 0 bridgehead atoms. The summed E-state index contributed by atoms with van der Waals surface area (Å²) in [5.74, 6) is -1.82. The lowest BCUT2D eigenvalue weighted by molar-refractivity contribution is -0.114. The number of hydrogen-bond acceptors (Lipinski definition) is 5. The van der Waals surface area contributed by atoms with Gasteiger partial charge in [0.2, 0.25) is 5.91 Å². The predicted octanol–water partition coefficient (Wildman–Crippen LogP) is 4.76. The van der Waals surface area contributed by atoms with Gasteiger partial charge in [0, 0.05) is 18.2 Å². The number of aliphatic hydroxyl groups is 1. The van der Waals surface area contributed by atoms with E-state index in [4.69, 9.17) is 28.6 Å². The van der Waals surface area contributed by atoms with Crippen molar-refractivity contribution in [1.29, 1.82) is 10.7 Å². The number of anilines is 1. The van der Waals surface area contributed by atoms with E-state index in [1.807, 2.05) is 0 Å². The van der Waals surface area contributed by atoms with E-state index in [0.717, 1.165) is 4.90 Å². The van der Waals surface area contributed by atoms with Gasteiger partial charge in [0.25, 0.3) is 5.91 Å². The number of aliphatic hydroxyl groups excluding tert-OH is 1. The van der Waals surface area contributed by atoms with Crippen LogP contribution in [0.4, 0.5) is 5.69 Å². The second-order valence-electron chi connectivity index (χ2n) is 6.29. The summed E-state index contributed by atoms with van der Waals surface area (Å²) in [7, 11) is 0. The second-order valence-corrected chi connectivity index (χ2v) is 7.10. The molecular formula is C21H14Cl2N4O3. The van der Waals surface area contributed by atoms with E-state index < -0.39 is 17.5 Å². The number of hydrogen-bond donors (Lipinski definition) is 3. The maximum atomic E-state index is 13.1. The summed E-state index contributed by atoms with van der Waals surface area (Å²) in [5.41, 5.74) is 0.842. The van der Waals surface area contributed by atoms with Gasteiger partial charge in [-0.2, -0.15) is 5.26 Å². The Morgan fingerprint density at radius 1 is 1.17 bits per heavy atom. The summed E-state index contributed by atoms with van der Waals surface area (Å²) < 4.78 is 0. The number of nitriles is 1. The number of amidine groups is 1. The minimum atomic E-state index is -0.627. The van der Waals surface area contributed by atoms with Gasteiger partial charge in [-0.3, -0.25) is 19.9 Å².